The summed E-state index contributed by atoms with van der Waals surface area (Å²) in [4.78, 5) is 29.6. The van der Waals surface area contributed by atoms with Crippen LogP contribution < -0.4 is 10.9 Å². The van der Waals surface area contributed by atoms with Crippen molar-refractivity contribution in [2.75, 3.05) is 5.32 Å². The molecule has 0 aliphatic rings. The fourth-order valence-electron chi connectivity index (χ4n) is 3.36. The number of hydrogen-bond acceptors (Lipinski definition) is 5. The van der Waals surface area contributed by atoms with E-state index in [-0.39, 0.29) is 17.1 Å². The van der Waals surface area contributed by atoms with E-state index >= 15 is 0 Å². The summed E-state index contributed by atoms with van der Waals surface area (Å²) in [5, 5.41) is 16.5. The van der Waals surface area contributed by atoms with Gasteiger partial charge in [0.1, 0.15) is 24.3 Å². The van der Waals surface area contributed by atoms with Crippen molar-refractivity contribution in [3.63, 3.8) is 0 Å². The lowest BCUT2D eigenvalue weighted by Crippen LogP contribution is -2.27. The lowest BCUT2D eigenvalue weighted by atomic mass is 10.1. The highest BCUT2D eigenvalue weighted by molar-refractivity contribution is 6.32. The molecule has 4 aromatic rings. The molecule has 0 radical (unpaired) electrons. The minimum Gasteiger partial charge on any atom is -0.324 e. The van der Waals surface area contributed by atoms with Crippen molar-refractivity contribution in [2.24, 2.45) is 0 Å². The maximum atomic E-state index is 12.9. The third-order valence-corrected chi connectivity index (χ3v) is 5.01. The Balaban J connectivity index is 1.60. The van der Waals surface area contributed by atoms with Crippen LogP contribution in [0.25, 0.3) is 16.7 Å². The second-order valence-corrected chi connectivity index (χ2v) is 7.58. The lowest BCUT2D eigenvalue weighted by Gasteiger charge is -2.09. The topological polar surface area (TPSA) is 106 Å². The van der Waals surface area contributed by atoms with E-state index in [1.807, 2.05) is 32.0 Å². The molecule has 0 aliphatic heterocycles. The number of hydrogen-bond donors (Lipinski definition) is 1. The van der Waals surface area contributed by atoms with Gasteiger partial charge in [0.15, 0.2) is 5.65 Å². The number of anilines is 1. The maximum absolute atomic E-state index is 12.9. The molecule has 2 heterocycles. The van der Waals surface area contributed by atoms with Gasteiger partial charge in [-0.1, -0.05) is 17.7 Å². The van der Waals surface area contributed by atoms with Crippen LogP contribution in [0, 0.1) is 25.2 Å². The van der Waals surface area contributed by atoms with Gasteiger partial charge in [0.2, 0.25) is 5.91 Å². The van der Waals surface area contributed by atoms with E-state index in [1.165, 1.54) is 29.2 Å². The number of halogens is 1. The van der Waals surface area contributed by atoms with E-state index in [2.05, 4.69) is 21.5 Å². The van der Waals surface area contributed by atoms with E-state index in [0.29, 0.717) is 22.3 Å². The summed E-state index contributed by atoms with van der Waals surface area (Å²) in [6.07, 6.45) is 2.79. The number of amides is 1. The summed E-state index contributed by atoms with van der Waals surface area (Å²) < 4.78 is 2.83. The van der Waals surface area contributed by atoms with Crippen molar-refractivity contribution in [3.05, 3.63) is 81.0 Å². The number of aromatic nitrogens is 4. The van der Waals surface area contributed by atoms with E-state index < -0.39 is 5.91 Å². The molecule has 8 nitrogen and oxygen atoms in total. The molecule has 0 spiro atoms. The third-order valence-electron chi connectivity index (χ3n) is 4.69. The van der Waals surface area contributed by atoms with Crippen molar-refractivity contribution in [3.8, 4) is 11.8 Å². The first-order valence-corrected chi connectivity index (χ1v) is 9.75. The first kappa shape index (κ1) is 20.3. The summed E-state index contributed by atoms with van der Waals surface area (Å²) in [7, 11) is 0. The van der Waals surface area contributed by atoms with Crippen LogP contribution in [-0.2, 0) is 11.3 Å². The Labute approximate surface area is 182 Å². The highest BCUT2D eigenvalue weighted by Gasteiger charge is 2.14. The largest absolute Gasteiger partial charge is 0.324 e. The molecule has 1 N–H and O–H groups in total. The summed E-state index contributed by atoms with van der Waals surface area (Å²) >= 11 is 5.99. The van der Waals surface area contributed by atoms with Gasteiger partial charge in [-0.3, -0.25) is 14.2 Å². The molecule has 0 atom stereocenters. The fraction of sp³-hybridized carbons (Fsp3) is 0.136. The van der Waals surface area contributed by atoms with Crippen LogP contribution in [0.15, 0.2) is 53.7 Å². The highest BCUT2D eigenvalue weighted by atomic mass is 35.5. The Kier molecular flexibility index (Phi) is 5.28. The number of nitriles is 1. The average molecular weight is 433 g/mol. The van der Waals surface area contributed by atoms with Crippen molar-refractivity contribution in [2.45, 2.75) is 20.4 Å². The molecule has 2 aromatic heterocycles. The zero-order valence-corrected chi connectivity index (χ0v) is 17.5. The highest BCUT2D eigenvalue weighted by Crippen LogP contribution is 2.20. The quantitative estimate of drug-likeness (QED) is 0.532. The number of rotatable bonds is 4. The molecule has 4 rings (SSSR count). The number of nitrogens with one attached hydrogen (secondary N) is 1. The van der Waals surface area contributed by atoms with Crippen LogP contribution in [0.1, 0.15) is 16.7 Å². The second-order valence-electron chi connectivity index (χ2n) is 7.17. The van der Waals surface area contributed by atoms with Gasteiger partial charge in [-0.25, -0.2) is 9.67 Å². The molecule has 2 aromatic carbocycles. The van der Waals surface area contributed by atoms with Gasteiger partial charge < -0.3 is 5.32 Å². The van der Waals surface area contributed by atoms with Gasteiger partial charge in [-0.05, 0) is 55.3 Å². The predicted molar refractivity (Wildman–Crippen MR) is 117 cm³/mol. The van der Waals surface area contributed by atoms with Crippen molar-refractivity contribution in [1.82, 2.24) is 19.3 Å². The molecule has 9 heteroatoms. The van der Waals surface area contributed by atoms with Crippen LogP contribution in [-0.4, -0.2) is 25.2 Å². The van der Waals surface area contributed by atoms with Crippen molar-refractivity contribution < 1.29 is 4.79 Å². The molecule has 0 saturated heterocycles. The molecule has 0 saturated carbocycles. The number of aryl methyl sites for hydroxylation is 2. The number of nitrogens with zero attached hydrogens (tertiary/aromatic N) is 5. The molecule has 154 valence electrons. The number of carbonyl (C=O) groups is 1. The minimum absolute atomic E-state index is 0.228. The summed E-state index contributed by atoms with van der Waals surface area (Å²) in [5.74, 6) is -0.425. The van der Waals surface area contributed by atoms with E-state index in [1.54, 1.807) is 10.7 Å². The number of carbonyl (C=O) groups excluding carboxylic acids is 1. The van der Waals surface area contributed by atoms with E-state index in [9.17, 15) is 9.59 Å². The summed E-state index contributed by atoms with van der Waals surface area (Å²) in [5.41, 5.74) is 3.76. The molecule has 1 amide bonds. The molecule has 0 bridgehead atoms. The van der Waals surface area contributed by atoms with Crippen LogP contribution in [0.3, 0.4) is 0 Å². The van der Waals surface area contributed by atoms with Crippen LogP contribution in [0.2, 0.25) is 5.02 Å². The minimum atomic E-state index is -0.425. The molecular weight excluding hydrogens is 416 g/mol. The van der Waals surface area contributed by atoms with Gasteiger partial charge in [-0.15, -0.1) is 0 Å². The molecule has 31 heavy (non-hydrogen) atoms. The number of benzene rings is 2. The fourth-order valence-corrected chi connectivity index (χ4v) is 3.58. The SMILES string of the molecule is Cc1cc(C)cc(-n2ncc3c(=O)n(CC(=O)Nc4ccc(C#N)c(Cl)c4)cnc32)c1. The Morgan fingerprint density at radius 2 is 1.94 bits per heavy atom. The van der Waals surface area contributed by atoms with Gasteiger partial charge in [0, 0.05) is 5.69 Å². The Hall–Kier alpha value is -3.96. The zero-order valence-electron chi connectivity index (χ0n) is 16.8. The van der Waals surface area contributed by atoms with Crippen molar-refractivity contribution in [1.29, 1.82) is 5.26 Å². The maximum Gasteiger partial charge on any atom is 0.264 e. The van der Waals surface area contributed by atoms with Gasteiger partial charge in [0.05, 0.1) is 22.5 Å². The van der Waals surface area contributed by atoms with Crippen LogP contribution in [0.4, 0.5) is 5.69 Å². The zero-order chi connectivity index (χ0) is 22.1. The smallest absolute Gasteiger partial charge is 0.264 e. The van der Waals surface area contributed by atoms with E-state index in [0.717, 1.165) is 16.8 Å². The Morgan fingerprint density at radius 1 is 1.19 bits per heavy atom. The first-order valence-electron chi connectivity index (χ1n) is 9.37. The van der Waals surface area contributed by atoms with Gasteiger partial charge >= 0.3 is 0 Å². The first-order chi connectivity index (χ1) is 14.9. The Morgan fingerprint density at radius 3 is 2.61 bits per heavy atom. The normalized spacial score (nSPS) is 10.8. The third kappa shape index (κ3) is 4.04. The van der Waals surface area contributed by atoms with Gasteiger partial charge in [-0.2, -0.15) is 10.4 Å². The van der Waals surface area contributed by atoms with Gasteiger partial charge in [0.25, 0.3) is 5.56 Å². The summed E-state index contributed by atoms with van der Waals surface area (Å²) in [6.45, 7) is 3.75. The van der Waals surface area contributed by atoms with E-state index in [4.69, 9.17) is 16.9 Å². The number of fused-ring (bicyclic) bond motifs is 1. The Bertz CT molecular complexity index is 1410. The van der Waals surface area contributed by atoms with Crippen molar-refractivity contribution >= 4 is 34.2 Å². The monoisotopic (exact) mass is 432 g/mol. The molecule has 0 fully saturated rings. The molecular formula is C22H17ClN6O2. The standard InChI is InChI=1S/C22H17ClN6O2/c1-13-5-14(2)7-17(6-13)29-21-18(10-26-29)22(31)28(12-25-21)11-20(30)27-16-4-3-15(9-24)19(23)8-16/h3-8,10,12H,11H2,1-2H3,(H,27,30). The molecule has 0 aliphatic carbocycles. The predicted octanol–water partition coefficient (Wildman–Crippen LogP) is 3.36. The van der Waals surface area contributed by atoms with Crippen LogP contribution in [0.5, 0.6) is 0 Å². The molecule has 0 unspecified atom stereocenters. The van der Waals surface area contributed by atoms with Crippen LogP contribution >= 0.6 is 11.6 Å². The average Bonchev–Trinajstić information content (AvgIpc) is 3.14. The second kappa shape index (κ2) is 8.05. The summed E-state index contributed by atoms with van der Waals surface area (Å²) in [6, 6.07) is 12.5. The lowest BCUT2D eigenvalue weighted by molar-refractivity contribution is -0.116.